The highest BCUT2D eigenvalue weighted by molar-refractivity contribution is 5.66. The van der Waals surface area contributed by atoms with E-state index in [0.717, 1.165) is 12.8 Å². The highest BCUT2D eigenvalue weighted by Gasteiger charge is 1.90. The number of rotatable bonds is 3. The normalized spacial score (nSPS) is 6.80. The van der Waals surface area contributed by atoms with Crippen LogP contribution in [0.4, 0.5) is 0 Å². The largest absolute Gasteiger partial charge is 0.481 e. The van der Waals surface area contributed by atoms with Crippen LogP contribution in [0.3, 0.4) is 0 Å². The Kier molecular flexibility index (Phi) is 12.3. The molecule has 0 saturated carbocycles. The summed E-state index contributed by atoms with van der Waals surface area (Å²) in [6.45, 7) is 1.98. The van der Waals surface area contributed by atoms with E-state index in [1.54, 1.807) is 0 Å². The van der Waals surface area contributed by atoms with Gasteiger partial charge in [0.25, 0.3) is 0 Å². The summed E-state index contributed by atoms with van der Waals surface area (Å²) in [5.74, 6) is -0.693. The highest BCUT2D eigenvalue weighted by Crippen LogP contribution is 1.91. The van der Waals surface area contributed by atoms with E-state index in [-0.39, 0.29) is 0 Å². The van der Waals surface area contributed by atoms with Crippen molar-refractivity contribution in [1.29, 1.82) is 5.26 Å². The second-order valence-corrected chi connectivity index (χ2v) is 1.63. The number of nitriles is 1. The summed E-state index contributed by atoms with van der Waals surface area (Å²) < 4.78 is 0. The van der Waals surface area contributed by atoms with Gasteiger partial charge in [0.2, 0.25) is 0 Å². The molecular weight excluding hydrogens is 132 g/mol. The van der Waals surface area contributed by atoms with Gasteiger partial charge in [-0.15, -0.1) is 0 Å². The summed E-state index contributed by atoms with van der Waals surface area (Å²) in [4.78, 5) is 9.76. The van der Waals surface area contributed by atoms with Crippen molar-refractivity contribution >= 4 is 5.97 Å². The van der Waals surface area contributed by atoms with Crippen molar-refractivity contribution in [3.63, 3.8) is 0 Å². The van der Waals surface area contributed by atoms with E-state index in [0.29, 0.717) is 6.42 Å². The van der Waals surface area contributed by atoms with Gasteiger partial charge in [0.05, 0.1) is 0 Å². The maximum absolute atomic E-state index is 9.76. The lowest BCUT2D eigenvalue weighted by Crippen LogP contribution is -1.91. The second kappa shape index (κ2) is 10.7. The Morgan fingerprint density at radius 3 is 2.30 bits per heavy atom. The molecule has 0 bridgehead atoms. The molecule has 0 aliphatic rings. The first-order valence-corrected chi connectivity index (χ1v) is 3.00. The van der Waals surface area contributed by atoms with Crippen molar-refractivity contribution < 1.29 is 9.90 Å². The maximum atomic E-state index is 9.76. The van der Waals surface area contributed by atoms with Crippen LogP contribution < -0.4 is 5.73 Å². The van der Waals surface area contributed by atoms with Crippen LogP contribution in [0.5, 0.6) is 0 Å². The van der Waals surface area contributed by atoms with Gasteiger partial charge < -0.3 is 10.8 Å². The van der Waals surface area contributed by atoms with Crippen LogP contribution in [0, 0.1) is 11.5 Å². The van der Waals surface area contributed by atoms with Crippen LogP contribution in [-0.2, 0) is 4.79 Å². The van der Waals surface area contributed by atoms with Gasteiger partial charge in [-0.05, 0) is 6.42 Å². The van der Waals surface area contributed by atoms with E-state index >= 15 is 0 Å². The minimum atomic E-state index is -0.693. The average molecular weight is 144 g/mol. The fraction of sp³-hybridized carbons (Fsp3) is 0.667. The molecule has 4 heteroatoms. The predicted octanol–water partition coefficient (Wildman–Crippen LogP) is 0.687. The van der Waals surface area contributed by atoms with Crippen molar-refractivity contribution in [2.45, 2.75) is 26.2 Å². The monoisotopic (exact) mass is 144 g/mol. The first-order valence-electron chi connectivity index (χ1n) is 3.00. The number of hydrogen-bond donors (Lipinski definition) is 2. The summed E-state index contributed by atoms with van der Waals surface area (Å²) in [5, 5.41) is 15.1. The van der Waals surface area contributed by atoms with Crippen LogP contribution >= 0.6 is 0 Å². The van der Waals surface area contributed by atoms with Gasteiger partial charge >= 0.3 is 5.97 Å². The number of aliphatic carboxylic acids is 1. The number of carbonyl (C=O) groups is 1. The molecule has 58 valence electrons. The molecule has 0 unspecified atom stereocenters. The molecule has 0 rings (SSSR count). The summed E-state index contributed by atoms with van der Waals surface area (Å²) in [7, 11) is 0. The predicted molar refractivity (Wildman–Crippen MR) is 37.0 cm³/mol. The van der Waals surface area contributed by atoms with E-state index in [4.69, 9.17) is 10.4 Å². The second-order valence-electron chi connectivity index (χ2n) is 1.63. The number of unbranched alkanes of at least 4 members (excludes halogenated alkanes) is 1. The molecule has 0 aromatic rings. The van der Waals surface area contributed by atoms with Crippen molar-refractivity contribution in [1.82, 2.24) is 0 Å². The van der Waals surface area contributed by atoms with Crippen LogP contribution in [0.1, 0.15) is 26.2 Å². The molecule has 3 N–H and O–H groups in total. The van der Waals surface area contributed by atoms with Gasteiger partial charge in [0.1, 0.15) is 0 Å². The molecule has 0 heterocycles. The van der Waals surface area contributed by atoms with Gasteiger partial charge in [0.15, 0.2) is 6.19 Å². The Hall–Kier alpha value is -1.24. The summed E-state index contributed by atoms with van der Waals surface area (Å²) in [5.41, 5.74) is 4.15. The summed E-state index contributed by atoms with van der Waals surface area (Å²) in [6, 6.07) is 0. The number of nitrogens with two attached hydrogens (primary N) is 1. The summed E-state index contributed by atoms with van der Waals surface area (Å²) >= 11 is 0. The zero-order chi connectivity index (χ0) is 8.41. The van der Waals surface area contributed by atoms with E-state index in [1.807, 2.05) is 6.92 Å². The Labute approximate surface area is 60.3 Å². The topological polar surface area (TPSA) is 87.1 Å². The molecule has 0 saturated heterocycles. The smallest absolute Gasteiger partial charge is 0.303 e. The third kappa shape index (κ3) is 29.4. The molecule has 0 atom stereocenters. The van der Waals surface area contributed by atoms with E-state index in [2.05, 4.69) is 5.73 Å². The molecule has 0 spiro atoms. The number of hydrogen-bond acceptors (Lipinski definition) is 3. The van der Waals surface area contributed by atoms with Gasteiger partial charge in [-0.2, -0.15) is 5.26 Å². The molecule has 4 nitrogen and oxygen atoms in total. The molecular formula is C6H12N2O2. The molecule has 0 aromatic carbocycles. The van der Waals surface area contributed by atoms with Crippen LogP contribution in [0.2, 0.25) is 0 Å². The van der Waals surface area contributed by atoms with E-state index in [1.165, 1.54) is 6.19 Å². The van der Waals surface area contributed by atoms with Crippen molar-refractivity contribution in [3.8, 4) is 6.19 Å². The standard InChI is InChI=1S/C5H10O2.CH2N2/c1-2-3-4-5(6)7;2-1-3/h2-4H2,1H3,(H,6,7);2H2. The molecule has 0 radical (unpaired) electrons. The van der Waals surface area contributed by atoms with Gasteiger partial charge in [-0.3, -0.25) is 4.79 Å². The zero-order valence-electron chi connectivity index (χ0n) is 6.00. The highest BCUT2D eigenvalue weighted by atomic mass is 16.4. The quantitative estimate of drug-likeness (QED) is 0.450. The van der Waals surface area contributed by atoms with E-state index < -0.39 is 5.97 Å². The first kappa shape index (κ1) is 11.5. The zero-order valence-corrected chi connectivity index (χ0v) is 6.00. The molecule has 0 aliphatic carbocycles. The van der Waals surface area contributed by atoms with Crippen molar-refractivity contribution in [3.05, 3.63) is 0 Å². The third-order valence-electron chi connectivity index (χ3n) is 0.744. The van der Waals surface area contributed by atoms with E-state index in [9.17, 15) is 4.79 Å². The SMILES string of the molecule is CCCCC(=O)O.N#CN. The number of carboxylic acid groups (broad SMARTS) is 1. The van der Waals surface area contributed by atoms with Crippen LogP contribution in [-0.4, -0.2) is 11.1 Å². The molecule has 0 aromatic heterocycles. The Bertz CT molecular complexity index is 117. The van der Waals surface area contributed by atoms with Crippen LogP contribution in [0.25, 0.3) is 0 Å². The van der Waals surface area contributed by atoms with Crippen molar-refractivity contribution in [2.24, 2.45) is 5.73 Å². The Morgan fingerprint density at radius 1 is 1.80 bits per heavy atom. The third-order valence-corrected chi connectivity index (χ3v) is 0.744. The van der Waals surface area contributed by atoms with Gasteiger partial charge in [-0.1, -0.05) is 13.3 Å². The first-order chi connectivity index (χ1) is 4.68. The maximum Gasteiger partial charge on any atom is 0.303 e. The fourth-order valence-electron chi connectivity index (χ4n) is 0.328. The Balaban J connectivity index is 0. The minimum Gasteiger partial charge on any atom is -0.481 e. The molecule has 0 amide bonds. The molecule has 0 aliphatic heterocycles. The number of nitrogens with zero attached hydrogens (tertiary/aromatic N) is 1. The minimum absolute atomic E-state index is 0.316. The Morgan fingerprint density at radius 2 is 2.20 bits per heavy atom. The van der Waals surface area contributed by atoms with Gasteiger partial charge in [-0.25, -0.2) is 0 Å². The lowest BCUT2D eigenvalue weighted by molar-refractivity contribution is -0.137. The van der Waals surface area contributed by atoms with Crippen molar-refractivity contribution in [2.75, 3.05) is 0 Å². The lowest BCUT2D eigenvalue weighted by atomic mass is 10.3. The molecule has 0 fully saturated rings. The fourth-order valence-corrected chi connectivity index (χ4v) is 0.328. The van der Waals surface area contributed by atoms with Crippen LogP contribution in [0.15, 0.2) is 0 Å². The number of carboxylic acids is 1. The lowest BCUT2D eigenvalue weighted by Gasteiger charge is -1.85. The average Bonchev–Trinajstić information content (AvgIpc) is 1.85. The van der Waals surface area contributed by atoms with Gasteiger partial charge in [0, 0.05) is 6.42 Å². The summed E-state index contributed by atoms with van der Waals surface area (Å²) in [6.07, 6.45) is 3.33. The molecule has 10 heavy (non-hydrogen) atoms.